The van der Waals surface area contributed by atoms with Crippen LogP contribution in [0, 0.1) is 0 Å². The zero-order valence-corrected chi connectivity index (χ0v) is 49.2. The van der Waals surface area contributed by atoms with Crippen LogP contribution in [-0.2, 0) is 0 Å². The van der Waals surface area contributed by atoms with Crippen molar-refractivity contribution in [3.8, 4) is 0 Å². The van der Waals surface area contributed by atoms with Gasteiger partial charge in [0.2, 0.25) is 0 Å². The molecular weight excluding hydrogens is 703 g/mol. The Kier molecular flexibility index (Phi) is 1350. The Hall–Kier alpha value is 11.3. The van der Waals surface area contributed by atoms with Gasteiger partial charge < -0.3 is 126 Å². The van der Waals surface area contributed by atoms with E-state index < -0.39 is 29.3 Å². The maximum atomic E-state index is 8.42. The predicted molar refractivity (Wildman–Crippen MR) is 66.4 cm³/mol. The molecule has 0 rings (SSSR count). The molecule has 40 heteroatoms. The molecule has 0 saturated heterocycles. The molecule has 0 aliphatic rings. The molecule has 0 radical (unpaired) electrons. The van der Waals surface area contributed by atoms with E-state index in [1.807, 2.05) is 0 Å². The second kappa shape index (κ2) is 225. The van der Waals surface area contributed by atoms with Gasteiger partial charge in [0.05, 0.1) is 0 Å². The SMILES string of the molecule is O.O.O.O.O.O.O.O.O.O.O.O.[Na+].[Na+].[Na+].[Na+].[Na+].[Na+].[Na+].[Na+].[Na+].[Na+].[Na+].[Na+].[O-]B([O-])[O-].[O-]B([O-])[O-].[O-]B([O-])[O-].[O-]B([O-])[O-]. The van der Waals surface area contributed by atoms with Gasteiger partial charge in [-0.15, -0.1) is 0 Å². The molecule has 0 fully saturated rings. The molecule has 0 amide bonds. The number of rotatable bonds is 0. The van der Waals surface area contributed by atoms with Crippen LogP contribution < -0.4 is 415 Å². The topological polar surface area (TPSA) is 655 Å². The van der Waals surface area contributed by atoms with E-state index in [4.69, 9.17) is 60.3 Å². The van der Waals surface area contributed by atoms with E-state index in [1.54, 1.807) is 0 Å². The molecule has 0 aromatic heterocycles. The van der Waals surface area contributed by atoms with Crippen LogP contribution in [0.15, 0.2) is 0 Å². The molecular formula is H24B4Na12O24. The zero-order chi connectivity index (χ0) is 14.3. The quantitative estimate of drug-likeness (QED) is 0.210. The summed E-state index contributed by atoms with van der Waals surface area (Å²) in [5, 5.41) is 101. The fourth-order valence-electron chi connectivity index (χ4n) is 0. The maximum Gasteiger partial charge on any atom is 1.00 e. The van der Waals surface area contributed by atoms with Crippen LogP contribution in [0.4, 0.5) is 0 Å². The summed E-state index contributed by atoms with van der Waals surface area (Å²) in [6.07, 6.45) is 0. The first-order valence-electron chi connectivity index (χ1n) is 2.83. The van der Waals surface area contributed by atoms with Crippen molar-refractivity contribution in [1.82, 2.24) is 0 Å². The Bertz CT molecular complexity index is 94.8. The van der Waals surface area contributed by atoms with E-state index in [1.165, 1.54) is 0 Å². The van der Waals surface area contributed by atoms with Gasteiger partial charge in [-0.2, -0.15) is 0 Å². The van der Waals surface area contributed by atoms with Gasteiger partial charge in [-0.25, -0.2) is 0 Å². The van der Waals surface area contributed by atoms with Crippen molar-refractivity contribution in [2.24, 2.45) is 0 Å². The molecule has 0 heterocycles. The Labute approximate surface area is 497 Å². The van der Waals surface area contributed by atoms with Crippen LogP contribution in [0.5, 0.6) is 0 Å². The normalized spacial score (nSPS) is 2.70. The molecule has 0 unspecified atom stereocenters. The van der Waals surface area contributed by atoms with Gasteiger partial charge >= 0.3 is 355 Å². The first-order chi connectivity index (χ1) is 6.93. The van der Waals surface area contributed by atoms with E-state index >= 15 is 0 Å². The van der Waals surface area contributed by atoms with E-state index in [0.717, 1.165) is 0 Å². The summed E-state index contributed by atoms with van der Waals surface area (Å²) in [6, 6.07) is 0. The van der Waals surface area contributed by atoms with Crippen LogP contribution in [0.3, 0.4) is 0 Å². The minimum absolute atomic E-state index is 0. The maximum absolute atomic E-state index is 8.42. The second-order valence-corrected chi connectivity index (χ2v) is 1.15. The van der Waals surface area contributed by atoms with Crippen LogP contribution >= 0.6 is 0 Å². The Morgan fingerprint density at radius 1 is 0.150 bits per heavy atom. The second-order valence-electron chi connectivity index (χ2n) is 1.15. The van der Waals surface area contributed by atoms with Gasteiger partial charge in [0.15, 0.2) is 0 Å². The zero-order valence-electron chi connectivity index (χ0n) is 25.2. The fourth-order valence-corrected chi connectivity index (χ4v) is 0. The minimum Gasteiger partial charge on any atom is -0.907 e. The fraction of sp³-hybridized carbons (Fsp3) is 0. The summed E-state index contributed by atoms with van der Waals surface area (Å²) in [6.45, 7) is 0. The summed E-state index contributed by atoms with van der Waals surface area (Å²) < 4.78 is 0. The summed E-state index contributed by atoms with van der Waals surface area (Å²) in [5.74, 6) is 0. The summed E-state index contributed by atoms with van der Waals surface area (Å²) in [5.41, 5.74) is 0. The van der Waals surface area contributed by atoms with E-state index in [9.17, 15) is 0 Å². The molecule has 40 heavy (non-hydrogen) atoms. The molecule has 0 aliphatic heterocycles. The Morgan fingerprint density at radius 2 is 0.150 bits per heavy atom. The molecule has 24 N–H and O–H groups in total. The van der Waals surface area contributed by atoms with Crippen LogP contribution in [0.1, 0.15) is 0 Å². The van der Waals surface area contributed by atoms with Gasteiger partial charge in [0.1, 0.15) is 0 Å². The molecule has 0 atom stereocenters. The van der Waals surface area contributed by atoms with Crippen molar-refractivity contribution in [2.45, 2.75) is 0 Å². The summed E-state index contributed by atoms with van der Waals surface area (Å²) in [4.78, 5) is 0. The molecule has 0 saturated carbocycles. The van der Waals surface area contributed by atoms with Crippen LogP contribution in [0.2, 0.25) is 0 Å². The third-order valence-corrected chi connectivity index (χ3v) is 0. The van der Waals surface area contributed by atoms with Crippen LogP contribution in [-0.4, -0.2) is 95.0 Å². The van der Waals surface area contributed by atoms with Crippen molar-refractivity contribution in [1.29, 1.82) is 0 Å². The first-order valence-corrected chi connectivity index (χ1v) is 2.83. The van der Waals surface area contributed by atoms with E-state index in [0.29, 0.717) is 0 Å². The molecule has 0 aliphatic carbocycles. The standard InChI is InChI=1S/4BO3.12Na.12H2O/c4*2-1(3)4;;;;;;;;;;;;;;;;;;;;;;;;/h;;;;;;;;;;;;;;;;12*1H2/q4*-3;12*+1;;;;;;;;;;;;. The van der Waals surface area contributed by atoms with Crippen molar-refractivity contribution in [3.63, 3.8) is 0 Å². The van der Waals surface area contributed by atoms with Gasteiger partial charge in [0.25, 0.3) is 0 Å². The molecule has 0 bridgehead atoms. The number of hydrogen-bond donors (Lipinski definition) is 0. The van der Waals surface area contributed by atoms with E-state index in [-0.39, 0.29) is 420 Å². The third kappa shape index (κ3) is 901. The average molecular weight is 727 g/mol. The van der Waals surface area contributed by atoms with Crippen molar-refractivity contribution >= 4 is 29.3 Å². The molecule has 192 valence electrons. The first kappa shape index (κ1) is 239. The Morgan fingerprint density at radius 3 is 0.150 bits per heavy atom. The molecule has 0 aromatic rings. The molecule has 0 spiro atoms. The predicted octanol–water partition coefficient (Wildman–Crippen LogP) is -61.6. The summed E-state index contributed by atoms with van der Waals surface area (Å²) >= 11 is 0. The molecule has 24 nitrogen and oxygen atoms in total. The molecule has 0 aromatic carbocycles. The third-order valence-electron chi connectivity index (χ3n) is 0. The van der Waals surface area contributed by atoms with Gasteiger partial charge in [-0.3, -0.25) is 29.3 Å². The minimum atomic E-state index is -2.92. The van der Waals surface area contributed by atoms with Crippen molar-refractivity contribution in [3.05, 3.63) is 0 Å². The van der Waals surface area contributed by atoms with Gasteiger partial charge in [-0.1, -0.05) is 0 Å². The average Bonchev–Trinajstić information content (AvgIpc) is 1.76. The van der Waals surface area contributed by atoms with Crippen LogP contribution in [0.25, 0.3) is 0 Å². The van der Waals surface area contributed by atoms with Crippen molar-refractivity contribution in [2.75, 3.05) is 0 Å². The number of hydrogen-bond acceptors (Lipinski definition) is 12. The Balaban J connectivity index is -0.00000000154. The van der Waals surface area contributed by atoms with Gasteiger partial charge in [0, 0.05) is 0 Å². The smallest absolute Gasteiger partial charge is 0.907 e. The van der Waals surface area contributed by atoms with Gasteiger partial charge in [-0.05, 0) is 0 Å². The monoisotopic (exact) mass is 728 g/mol. The van der Waals surface area contributed by atoms with E-state index in [2.05, 4.69) is 0 Å². The van der Waals surface area contributed by atoms with Crippen molar-refractivity contribution < 1.29 is 481 Å². The largest absolute Gasteiger partial charge is 1.00 e. The summed E-state index contributed by atoms with van der Waals surface area (Å²) in [7, 11) is -11.7.